The number of nitrogens with two attached hydrogens (primary N) is 1. The molecule has 0 unspecified atom stereocenters. The van der Waals surface area contributed by atoms with E-state index in [1.165, 1.54) is 12.8 Å². The number of rotatable bonds is 4. The van der Waals surface area contributed by atoms with Crippen molar-refractivity contribution in [2.24, 2.45) is 5.92 Å². The zero-order valence-corrected chi connectivity index (χ0v) is 8.32. The van der Waals surface area contributed by atoms with Crippen LogP contribution in [0.1, 0.15) is 12.8 Å². The highest BCUT2D eigenvalue weighted by Gasteiger charge is 2.21. The fourth-order valence-electron chi connectivity index (χ4n) is 1.30. The maximum atomic E-state index is 5.75. The molecule has 0 aromatic heterocycles. The van der Waals surface area contributed by atoms with E-state index in [1.54, 1.807) is 13.2 Å². The number of hydrogen-bond acceptors (Lipinski definition) is 3. The summed E-state index contributed by atoms with van der Waals surface area (Å²) in [5.74, 6) is 2.29. The average molecular weight is 193 g/mol. The van der Waals surface area contributed by atoms with E-state index in [-0.39, 0.29) is 0 Å². The molecule has 1 aliphatic carbocycles. The van der Waals surface area contributed by atoms with Gasteiger partial charge in [0.15, 0.2) is 0 Å². The molecule has 0 amide bonds. The van der Waals surface area contributed by atoms with Gasteiger partial charge in [0.2, 0.25) is 0 Å². The van der Waals surface area contributed by atoms with E-state index in [2.05, 4.69) is 0 Å². The molecule has 3 nitrogen and oxygen atoms in total. The summed E-state index contributed by atoms with van der Waals surface area (Å²) >= 11 is 0. The maximum Gasteiger partial charge on any atom is 0.142 e. The second-order valence-electron chi connectivity index (χ2n) is 3.66. The SMILES string of the molecule is COc1ccc(OCC2CC2)cc1N. The number of nitrogen functional groups attached to an aromatic ring is 1. The molecule has 0 spiro atoms. The Morgan fingerprint density at radius 3 is 2.79 bits per heavy atom. The molecule has 1 aromatic rings. The van der Waals surface area contributed by atoms with E-state index < -0.39 is 0 Å². The van der Waals surface area contributed by atoms with Crippen molar-refractivity contribution in [3.63, 3.8) is 0 Å². The molecule has 3 heteroatoms. The van der Waals surface area contributed by atoms with Gasteiger partial charge in [0.05, 0.1) is 19.4 Å². The summed E-state index contributed by atoms with van der Waals surface area (Å²) in [6.07, 6.45) is 2.59. The van der Waals surface area contributed by atoms with Crippen LogP contribution in [-0.4, -0.2) is 13.7 Å². The van der Waals surface area contributed by atoms with E-state index in [1.807, 2.05) is 12.1 Å². The Labute approximate surface area is 83.8 Å². The predicted molar refractivity (Wildman–Crippen MR) is 55.6 cm³/mol. The highest BCUT2D eigenvalue weighted by atomic mass is 16.5. The number of methoxy groups -OCH3 is 1. The van der Waals surface area contributed by atoms with Gasteiger partial charge in [-0.3, -0.25) is 0 Å². The van der Waals surface area contributed by atoms with Crippen molar-refractivity contribution in [1.29, 1.82) is 0 Å². The highest BCUT2D eigenvalue weighted by Crippen LogP contribution is 2.31. The van der Waals surface area contributed by atoms with Gasteiger partial charge in [-0.2, -0.15) is 0 Å². The Bertz CT molecular complexity index is 321. The van der Waals surface area contributed by atoms with Crippen LogP contribution in [-0.2, 0) is 0 Å². The number of hydrogen-bond donors (Lipinski definition) is 1. The van der Waals surface area contributed by atoms with Crippen LogP contribution in [0.3, 0.4) is 0 Å². The smallest absolute Gasteiger partial charge is 0.142 e. The fourth-order valence-corrected chi connectivity index (χ4v) is 1.30. The first-order valence-corrected chi connectivity index (χ1v) is 4.86. The summed E-state index contributed by atoms with van der Waals surface area (Å²) in [6, 6.07) is 5.52. The van der Waals surface area contributed by atoms with Crippen molar-refractivity contribution >= 4 is 5.69 Å². The van der Waals surface area contributed by atoms with Gasteiger partial charge >= 0.3 is 0 Å². The number of benzene rings is 1. The standard InChI is InChI=1S/C11H15NO2/c1-13-11-5-4-9(6-10(11)12)14-7-8-2-3-8/h4-6,8H,2-3,7,12H2,1H3. The molecule has 1 aliphatic rings. The van der Waals surface area contributed by atoms with Crippen molar-refractivity contribution in [2.45, 2.75) is 12.8 Å². The molecule has 0 radical (unpaired) electrons. The van der Waals surface area contributed by atoms with E-state index >= 15 is 0 Å². The molecule has 2 N–H and O–H groups in total. The van der Waals surface area contributed by atoms with Crippen LogP contribution >= 0.6 is 0 Å². The van der Waals surface area contributed by atoms with Gasteiger partial charge in [0, 0.05) is 6.07 Å². The van der Waals surface area contributed by atoms with Crippen molar-refractivity contribution in [2.75, 3.05) is 19.5 Å². The van der Waals surface area contributed by atoms with E-state index in [9.17, 15) is 0 Å². The summed E-state index contributed by atoms with van der Waals surface area (Å²) in [5.41, 5.74) is 6.37. The molecular weight excluding hydrogens is 178 g/mol. The lowest BCUT2D eigenvalue weighted by Gasteiger charge is -2.08. The minimum atomic E-state index is 0.626. The molecule has 0 heterocycles. The summed E-state index contributed by atoms with van der Waals surface area (Å²) in [5, 5.41) is 0. The molecule has 2 rings (SSSR count). The lowest BCUT2D eigenvalue weighted by Crippen LogP contribution is -2.00. The Morgan fingerprint density at radius 1 is 1.43 bits per heavy atom. The van der Waals surface area contributed by atoms with Gasteiger partial charge in [0.25, 0.3) is 0 Å². The first-order valence-electron chi connectivity index (χ1n) is 4.86. The zero-order valence-electron chi connectivity index (χ0n) is 8.32. The second kappa shape index (κ2) is 3.78. The quantitative estimate of drug-likeness (QED) is 0.744. The van der Waals surface area contributed by atoms with Crippen LogP contribution in [0.25, 0.3) is 0 Å². The molecule has 14 heavy (non-hydrogen) atoms. The summed E-state index contributed by atoms with van der Waals surface area (Å²) in [4.78, 5) is 0. The van der Waals surface area contributed by atoms with Crippen molar-refractivity contribution < 1.29 is 9.47 Å². The van der Waals surface area contributed by atoms with Crippen LogP contribution in [0.4, 0.5) is 5.69 Å². The minimum Gasteiger partial charge on any atom is -0.495 e. The lowest BCUT2D eigenvalue weighted by molar-refractivity contribution is 0.299. The van der Waals surface area contributed by atoms with E-state index in [0.29, 0.717) is 11.4 Å². The largest absolute Gasteiger partial charge is 0.495 e. The summed E-state index contributed by atoms with van der Waals surface area (Å²) in [7, 11) is 1.61. The monoisotopic (exact) mass is 193 g/mol. The normalized spacial score (nSPS) is 15.2. The van der Waals surface area contributed by atoms with Crippen molar-refractivity contribution in [3.05, 3.63) is 18.2 Å². The fraction of sp³-hybridized carbons (Fsp3) is 0.455. The van der Waals surface area contributed by atoms with Gasteiger partial charge in [-0.25, -0.2) is 0 Å². The predicted octanol–water partition coefficient (Wildman–Crippen LogP) is 2.07. The van der Waals surface area contributed by atoms with Crippen molar-refractivity contribution in [3.8, 4) is 11.5 Å². The lowest BCUT2D eigenvalue weighted by atomic mass is 10.3. The molecule has 0 bridgehead atoms. The Morgan fingerprint density at radius 2 is 2.21 bits per heavy atom. The molecule has 1 saturated carbocycles. The van der Waals surface area contributed by atoms with Crippen LogP contribution < -0.4 is 15.2 Å². The molecule has 76 valence electrons. The molecule has 0 atom stereocenters. The maximum absolute atomic E-state index is 5.75. The van der Waals surface area contributed by atoms with Gasteiger partial charge < -0.3 is 15.2 Å². The average Bonchev–Trinajstić information content (AvgIpc) is 2.98. The van der Waals surface area contributed by atoms with Crippen LogP contribution in [0.2, 0.25) is 0 Å². The first-order chi connectivity index (χ1) is 6.79. The third-order valence-corrected chi connectivity index (χ3v) is 2.38. The first kappa shape index (κ1) is 9.19. The zero-order chi connectivity index (χ0) is 9.97. The summed E-state index contributed by atoms with van der Waals surface area (Å²) in [6.45, 7) is 0.811. The van der Waals surface area contributed by atoms with Gasteiger partial charge in [-0.05, 0) is 30.9 Å². The van der Waals surface area contributed by atoms with Gasteiger partial charge in [-0.1, -0.05) is 0 Å². The van der Waals surface area contributed by atoms with Gasteiger partial charge in [0.1, 0.15) is 11.5 Å². The molecule has 1 aromatic carbocycles. The third-order valence-electron chi connectivity index (χ3n) is 2.38. The number of ether oxygens (including phenoxy) is 2. The highest BCUT2D eigenvalue weighted by molar-refractivity contribution is 5.56. The Balaban J connectivity index is 1.99. The van der Waals surface area contributed by atoms with Crippen molar-refractivity contribution in [1.82, 2.24) is 0 Å². The van der Waals surface area contributed by atoms with E-state index in [0.717, 1.165) is 18.3 Å². The van der Waals surface area contributed by atoms with Crippen LogP contribution in [0.5, 0.6) is 11.5 Å². The molecule has 0 saturated heterocycles. The topological polar surface area (TPSA) is 44.5 Å². The Hall–Kier alpha value is -1.38. The minimum absolute atomic E-state index is 0.626. The number of anilines is 1. The Kier molecular flexibility index (Phi) is 2.48. The molecule has 1 fully saturated rings. The summed E-state index contributed by atoms with van der Waals surface area (Å²) < 4.78 is 10.6. The van der Waals surface area contributed by atoms with E-state index in [4.69, 9.17) is 15.2 Å². The van der Waals surface area contributed by atoms with Crippen LogP contribution in [0.15, 0.2) is 18.2 Å². The third kappa shape index (κ3) is 2.10. The van der Waals surface area contributed by atoms with Crippen LogP contribution in [0, 0.1) is 5.92 Å². The molecule has 0 aliphatic heterocycles. The second-order valence-corrected chi connectivity index (χ2v) is 3.66. The van der Waals surface area contributed by atoms with Gasteiger partial charge in [-0.15, -0.1) is 0 Å². The molecular formula is C11H15NO2.